The minimum atomic E-state index is -4.40. The number of hydrogen-bond acceptors (Lipinski definition) is 5. The molecule has 2 aromatic rings. The Morgan fingerprint density at radius 2 is 1.81 bits per heavy atom. The van der Waals surface area contributed by atoms with Gasteiger partial charge >= 0.3 is 6.18 Å². The topological polar surface area (TPSA) is 62.5 Å². The maximum atomic E-state index is 12.6. The molecule has 0 spiro atoms. The number of alkyl halides is 3. The monoisotopic (exact) mass is 384 g/mol. The molecule has 1 aromatic heterocycles. The molecule has 1 aliphatic rings. The molecule has 0 saturated carbocycles. The van der Waals surface area contributed by atoms with Crippen molar-refractivity contribution in [3.63, 3.8) is 0 Å². The number of aromatic nitrogens is 1. The molecule has 0 aliphatic carbocycles. The lowest BCUT2D eigenvalue weighted by atomic mass is 10.1. The largest absolute Gasteiger partial charge is 0.416 e. The molecule has 26 heavy (non-hydrogen) atoms. The van der Waals surface area contributed by atoms with Crippen LogP contribution in [-0.2, 0) is 12.7 Å². The van der Waals surface area contributed by atoms with Crippen molar-refractivity contribution in [2.45, 2.75) is 19.6 Å². The predicted molar refractivity (Wildman–Crippen MR) is 93.9 cm³/mol. The maximum absolute atomic E-state index is 12.6. The van der Waals surface area contributed by atoms with Crippen LogP contribution in [0.15, 0.2) is 24.3 Å². The van der Waals surface area contributed by atoms with Crippen molar-refractivity contribution >= 4 is 22.4 Å². The van der Waals surface area contributed by atoms with Gasteiger partial charge in [0.15, 0.2) is 5.13 Å². The number of carbonyl (C=O) groups excluding carboxylic acids is 1. The van der Waals surface area contributed by atoms with Crippen LogP contribution in [0.1, 0.15) is 26.5 Å². The number of anilines is 1. The van der Waals surface area contributed by atoms with Crippen molar-refractivity contribution < 1.29 is 18.0 Å². The summed E-state index contributed by atoms with van der Waals surface area (Å²) < 4.78 is 37.8. The Bertz CT molecular complexity index is 780. The summed E-state index contributed by atoms with van der Waals surface area (Å²) in [6, 6.07) is 4.36. The molecule has 1 aromatic carbocycles. The molecule has 2 N–H and O–H groups in total. The van der Waals surface area contributed by atoms with Crippen LogP contribution in [0.4, 0.5) is 18.3 Å². The molecule has 140 valence electrons. The molecule has 1 fully saturated rings. The van der Waals surface area contributed by atoms with Crippen molar-refractivity contribution in [2.24, 2.45) is 0 Å². The molecular formula is C17H19F3N4OS. The van der Waals surface area contributed by atoms with Crippen molar-refractivity contribution in [3.05, 3.63) is 46.0 Å². The number of nitrogens with zero attached hydrogens (tertiary/aromatic N) is 3. The van der Waals surface area contributed by atoms with Crippen molar-refractivity contribution in [3.8, 4) is 0 Å². The SMILES string of the molecule is Cc1nc(N)sc1CN1CCN(C(=O)c2ccc(C(F)(F)F)cc2)CC1. The minimum Gasteiger partial charge on any atom is -0.375 e. The fourth-order valence-corrected chi connectivity index (χ4v) is 3.77. The quantitative estimate of drug-likeness (QED) is 0.884. The van der Waals surface area contributed by atoms with Crippen LogP contribution in [-0.4, -0.2) is 46.9 Å². The number of hydrogen-bond donors (Lipinski definition) is 1. The van der Waals surface area contributed by atoms with Crippen molar-refractivity contribution in [1.29, 1.82) is 0 Å². The van der Waals surface area contributed by atoms with Crippen LogP contribution in [0, 0.1) is 6.92 Å². The molecule has 0 radical (unpaired) electrons. The van der Waals surface area contributed by atoms with Gasteiger partial charge in [-0.25, -0.2) is 4.98 Å². The molecular weight excluding hydrogens is 365 g/mol. The standard InChI is InChI=1S/C17H19F3N4OS/c1-11-14(26-16(21)22-11)10-23-6-8-24(9-7-23)15(25)12-2-4-13(5-3-12)17(18,19)20/h2-5H,6-10H2,1H3,(H2,21,22). The zero-order chi connectivity index (χ0) is 18.9. The van der Waals surface area contributed by atoms with Gasteiger partial charge in [-0.2, -0.15) is 13.2 Å². The van der Waals surface area contributed by atoms with E-state index in [0.717, 1.165) is 29.2 Å². The summed E-state index contributed by atoms with van der Waals surface area (Å²) in [4.78, 5) is 21.7. The maximum Gasteiger partial charge on any atom is 0.416 e. The van der Waals surface area contributed by atoms with Crippen LogP contribution in [0.2, 0.25) is 0 Å². The number of thiazole rings is 1. The Kier molecular flexibility index (Phi) is 5.19. The third-order valence-corrected chi connectivity index (χ3v) is 5.37. The number of nitrogens with two attached hydrogens (primary N) is 1. The lowest BCUT2D eigenvalue weighted by Crippen LogP contribution is -2.48. The van der Waals surface area contributed by atoms with E-state index in [9.17, 15) is 18.0 Å². The van der Waals surface area contributed by atoms with Gasteiger partial charge in [-0.05, 0) is 31.2 Å². The Morgan fingerprint density at radius 3 is 2.31 bits per heavy atom. The molecule has 9 heteroatoms. The molecule has 1 aliphatic heterocycles. The first-order valence-corrected chi connectivity index (χ1v) is 8.96. The van der Waals surface area contributed by atoms with Crippen LogP contribution < -0.4 is 5.73 Å². The van der Waals surface area contributed by atoms with E-state index < -0.39 is 11.7 Å². The summed E-state index contributed by atoms with van der Waals surface area (Å²) >= 11 is 1.47. The third-order valence-electron chi connectivity index (χ3n) is 4.40. The normalized spacial score (nSPS) is 16.1. The first-order chi connectivity index (χ1) is 12.2. The second-order valence-corrected chi connectivity index (χ2v) is 7.32. The van der Waals surface area contributed by atoms with Gasteiger partial charge in [0.25, 0.3) is 5.91 Å². The van der Waals surface area contributed by atoms with Crippen molar-refractivity contribution in [1.82, 2.24) is 14.8 Å². The fourth-order valence-electron chi connectivity index (χ4n) is 2.89. The Hall–Kier alpha value is -2.13. The van der Waals surface area contributed by atoms with E-state index in [0.29, 0.717) is 31.3 Å². The van der Waals surface area contributed by atoms with E-state index in [1.165, 1.54) is 23.5 Å². The number of benzene rings is 1. The lowest BCUT2D eigenvalue weighted by Gasteiger charge is -2.34. The highest BCUT2D eigenvalue weighted by Crippen LogP contribution is 2.29. The second kappa shape index (κ2) is 7.24. The lowest BCUT2D eigenvalue weighted by molar-refractivity contribution is -0.137. The van der Waals surface area contributed by atoms with Gasteiger partial charge < -0.3 is 10.6 Å². The number of carbonyl (C=O) groups is 1. The molecule has 5 nitrogen and oxygen atoms in total. The highest BCUT2D eigenvalue weighted by Gasteiger charge is 2.30. The van der Waals surface area contributed by atoms with E-state index >= 15 is 0 Å². The van der Waals surface area contributed by atoms with Crippen LogP contribution >= 0.6 is 11.3 Å². The molecule has 2 heterocycles. The highest BCUT2D eigenvalue weighted by molar-refractivity contribution is 7.15. The average Bonchev–Trinajstić information content (AvgIpc) is 2.91. The number of piperazine rings is 1. The van der Waals surface area contributed by atoms with E-state index in [-0.39, 0.29) is 11.5 Å². The highest BCUT2D eigenvalue weighted by atomic mass is 32.1. The molecule has 0 atom stereocenters. The second-order valence-electron chi connectivity index (χ2n) is 6.20. The van der Waals surface area contributed by atoms with Crippen LogP contribution in [0.5, 0.6) is 0 Å². The number of halogens is 3. The number of rotatable bonds is 3. The zero-order valence-corrected chi connectivity index (χ0v) is 15.0. The van der Waals surface area contributed by atoms with Crippen LogP contribution in [0.25, 0.3) is 0 Å². The van der Waals surface area contributed by atoms with Gasteiger partial charge in [-0.1, -0.05) is 0 Å². The Labute approximate surface area is 153 Å². The first-order valence-electron chi connectivity index (χ1n) is 8.14. The van der Waals surface area contributed by atoms with Gasteiger partial charge in [0, 0.05) is 43.2 Å². The zero-order valence-electron chi connectivity index (χ0n) is 14.2. The van der Waals surface area contributed by atoms with E-state index in [1.54, 1.807) is 4.90 Å². The molecule has 0 unspecified atom stereocenters. The summed E-state index contributed by atoms with van der Waals surface area (Å²) in [5.74, 6) is -0.239. The van der Waals surface area contributed by atoms with E-state index in [4.69, 9.17) is 5.73 Å². The molecule has 0 bridgehead atoms. The Balaban J connectivity index is 1.57. The van der Waals surface area contributed by atoms with E-state index in [2.05, 4.69) is 9.88 Å². The van der Waals surface area contributed by atoms with Gasteiger partial charge in [0.2, 0.25) is 0 Å². The van der Waals surface area contributed by atoms with Crippen molar-refractivity contribution in [2.75, 3.05) is 31.9 Å². The van der Waals surface area contributed by atoms with Gasteiger partial charge in [0.1, 0.15) is 0 Å². The third kappa shape index (κ3) is 4.16. The summed E-state index contributed by atoms with van der Waals surface area (Å²) in [6.07, 6.45) is -4.40. The minimum absolute atomic E-state index is 0.239. The fraction of sp³-hybridized carbons (Fsp3) is 0.412. The smallest absolute Gasteiger partial charge is 0.375 e. The molecule has 3 rings (SSSR count). The Morgan fingerprint density at radius 1 is 1.19 bits per heavy atom. The van der Waals surface area contributed by atoms with Gasteiger partial charge in [-0.15, -0.1) is 11.3 Å². The summed E-state index contributed by atoms with van der Waals surface area (Å²) in [7, 11) is 0. The first kappa shape index (κ1) is 18.7. The summed E-state index contributed by atoms with van der Waals surface area (Å²) in [6.45, 7) is 5.13. The number of amides is 1. The van der Waals surface area contributed by atoms with E-state index in [1.807, 2.05) is 6.92 Å². The summed E-state index contributed by atoms with van der Waals surface area (Å²) in [5, 5.41) is 0.550. The van der Waals surface area contributed by atoms with Gasteiger partial charge in [-0.3, -0.25) is 9.69 Å². The predicted octanol–water partition coefficient (Wildman–Crippen LogP) is 3.01. The molecule has 1 amide bonds. The average molecular weight is 384 g/mol. The molecule has 1 saturated heterocycles. The van der Waals surface area contributed by atoms with Crippen LogP contribution in [0.3, 0.4) is 0 Å². The number of aryl methyl sites for hydroxylation is 1. The number of nitrogen functional groups attached to an aromatic ring is 1. The van der Waals surface area contributed by atoms with Gasteiger partial charge in [0.05, 0.1) is 11.3 Å². The summed E-state index contributed by atoms with van der Waals surface area (Å²) in [5.41, 5.74) is 6.16.